The number of fused-ring (bicyclic) bond motifs is 1. The molecule has 0 heterocycles. The van der Waals surface area contributed by atoms with Crippen LogP contribution < -0.4 is 11.6 Å². The minimum Gasteiger partial charge on any atom is -0.320 e. The summed E-state index contributed by atoms with van der Waals surface area (Å²) >= 11 is 0. The number of benzene rings is 2. The highest BCUT2D eigenvalue weighted by molar-refractivity contribution is 5.84. The molecule has 0 fully saturated rings. The van der Waals surface area contributed by atoms with Gasteiger partial charge in [0, 0.05) is 7.05 Å². The molecule has 2 aromatic carbocycles. The van der Waals surface area contributed by atoms with E-state index in [1.807, 2.05) is 6.07 Å². The third kappa shape index (κ3) is 3.10. The molecule has 100 valence electrons. The van der Waals surface area contributed by atoms with Crippen LogP contribution in [-0.4, -0.2) is 24.0 Å². The second kappa shape index (κ2) is 5.38. The zero-order valence-corrected chi connectivity index (χ0v) is 11.3. The van der Waals surface area contributed by atoms with E-state index in [2.05, 4.69) is 37.3 Å². The van der Waals surface area contributed by atoms with E-state index in [0.717, 1.165) is 16.0 Å². The number of nitrogens with zero attached hydrogens (tertiary/aromatic N) is 1. The third-order valence-electron chi connectivity index (χ3n) is 3.18. The van der Waals surface area contributed by atoms with Crippen LogP contribution in [0.3, 0.4) is 0 Å². The maximum atomic E-state index is 11.6. The Labute approximate surface area is 113 Å². The van der Waals surface area contributed by atoms with Crippen LogP contribution in [0, 0.1) is 6.92 Å². The van der Waals surface area contributed by atoms with Crippen molar-refractivity contribution in [1.82, 2.24) is 5.01 Å². The van der Waals surface area contributed by atoms with E-state index in [1.54, 1.807) is 0 Å². The van der Waals surface area contributed by atoms with E-state index in [1.165, 1.54) is 18.0 Å². The molecule has 4 heteroatoms. The number of carbonyl (C=O) groups is 1. The third-order valence-corrected chi connectivity index (χ3v) is 3.18. The number of hydrazine groups is 1. The molecule has 2 rings (SSSR count). The summed E-state index contributed by atoms with van der Waals surface area (Å²) in [7, 11) is 1.51. The molecule has 0 bridgehead atoms. The average Bonchev–Trinajstić information content (AvgIpc) is 2.37. The highest BCUT2D eigenvalue weighted by Crippen LogP contribution is 2.18. The van der Waals surface area contributed by atoms with Crippen molar-refractivity contribution in [2.45, 2.75) is 19.4 Å². The smallest absolute Gasteiger partial charge is 0.253 e. The normalized spacial score (nSPS) is 12.4. The Kier molecular flexibility index (Phi) is 3.83. The van der Waals surface area contributed by atoms with Gasteiger partial charge in [-0.15, -0.1) is 0 Å². The largest absolute Gasteiger partial charge is 0.320 e. The summed E-state index contributed by atoms with van der Waals surface area (Å²) in [5, 5.41) is 3.39. The van der Waals surface area contributed by atoms with E-state index >= 15 is 0 Å². The van der Waals surface area contributed by atoms with Gasteiger partial charge in [0.15, 0.2) is 0 Å². The quantitative estimate of drug-likeness (QED) is 0.495. The average molecular weight is 257 g/mol. The van der Waals surface area contributed by atoms with Crippen LogP contribution in [0.4, 0.5) is 0 Å². The van der Waals surface area contributed by atoms with Gasteiger partial charge in [0.2, 0.25) is 0 Å². The van der Waals surface area contributed by atoms with Crippen LogP contribution in [0.15, 0.2) is 36.4 Å². The van der Waals surface area contributed by atoms with Crippen molar-refractivity contribution in [1.29, 1.82) is 0 Å². The second-order valence-corrected chi connectivity index (χ2v) is 4.94. The number of nitrogens with two attached hydrogens (primary N) is 2. The van der Waals surface area contributed by atoms with Crippen molar-refractivity contribution in [3.8, 4) is 0 Å². The highest BCUT2D eigenvalue weighted by atomic mass is 16.2. The van der Waals surface area contributed by atoms with Crippen molar-refractivity contribution in [3.63, 3.8) is 0 Å². The van der Waals surface area contributed by atoms with Crippen molar-refractivity contribution in [2.24, 2.45) is 11.6 Å². The summed E-state index contributed by atoms with van der Waals surface area (Å²) in [5.41, 5.74) is 8.12. The second-order valence-electron chi connectivity index (χ2n) is 4.94. The topological polar surface area (TPSA) is 72.4 Å². The summed E-state index contributed by atoms with van der Waals surface area (Å²) in [5.74, 6) is 5.14. The minimum absolute atomic E-state index is 0.260. The van der Waals surface area contributed by atoms with Gasteiger partial charge in [-0.05, 0) is 29.7 Å². The Morgan fingerprint density at radius 1 is 1.21 bits per heavy atom. The molecule has 2 aromatic rings. The maximum absolute atomic E-state index is 11.6. The standard InChI is InChI=1S/C15H19N3O/c1-10-3-5-13-8-11(4-6-12(13)7-10)9-14(16)15(19)18(2)17/h3-8,14H,9,16-17H2,1-2H3. The molecule has 19 heavy (non-hydrogen) atoms. The maximum Gasteiger partial charge on any atom is 0.253 e. The number of hydrogen-bond acceptors (Lipinski definition) is 3. The van der Waals surface area contributed by atoms with Crippen LogP contribution >= 0.6 is 0 Å². The number of hydrogen-bond donors (Lipinski definition) is 2. The molecule has 0 aliphatic rings. The van der Waals surface area contributed by atoms with E-state index in [-0.39, 0.29) is 5.91 Å². The first-order valence-corrected chi connectivity index (χ1v) is 6.24. The Morgan fingerprint density at radius 2 is 1.84 bits per heavy atom. The van der Waals surface area contributed by atoms with Gasteiger partial charge in [-0.3, -0.25) is 9.80 Å². The van der Waals surface area contributed by atoms with Crippen molar-refractivity contribution >= 4 is 16.7 Å². The van der Waals surface area contributed by atoms with Gasteiger partial charge in [0.1, 0.15) is 0 Å². The SMILES string of the molecule is Cc1ccc2cc(CC(N)C(=O)N(C)N)ccc2c1. The molecule has 1 atom stereocenters. The van der Waals surface area contributed by atoms with Gasteiger partial charge in [0.05, 0.1) is 6.04 Å². The van der Waals surface area contributed by atoms with Gasteiger partial charge >= 0.3 is 0 Å². The van der Waals surface area contributed by atoms with Crippen LogP contribution in [0.1, 0.15) is 11.1 Å². The van der Waals surface area contributed by atoms with Crippen LogP contribution in [-0.2, 0) is 11.2 Å². The first-order chi connectivity index (χ1) is 8.97. The molecule has 0 radical (unpaired) electrons. The molecule has 0 aliphatic carbocycles. The lowest BCUT2D eigenvalue weighted by Gasteiger charge is -2.16. The van der Waals surface area contributed by atoms with Crippen LogP contribution in [0.25, 0.3) is 10.8 Å². The number of likely N-dealkylation sites (N-methyl/N-ethyl adjacent to an activating group) is 1. The Balaban J connectivity index is 2.22. The summed E-state index contributed by atoms with van der Waals surface area (Å²) in [6.07, 6.45) is 0.490. The Morgan fingerprint density at radius 3 is 2.53 bits per heavy atom. The van der Waals surface area contributed by atoms with Crippen molar-refractivity contribution in [3.05, 3.63) is 47.5 Å². The Hall–Kier alpha value is -1.91. The first kappa shape index (κ1) is 13.5. The zero-order chi connectivity index (χ0) is 14.0. The fourth-order valence-electron chi connectivity index (χ4n) is 2.14. The first-order valence-electron chi connectivity index (χ1n) is 6.24. The molecule has 0 saturated heterocycles. The monoisotopic (exact) mass is 257 g/mol. The molecule has 0 aliphatic heterocycles. The van der Waals surface area contributed by atoms with Gasteiger partial charge in [-0.2, -0.15) is 0 Å². The molecule has 1 unspecified atom stereocenters. The van der Waals surface area contributed by atoms with Gasteiger partial charge in [0.25, 0.3) is 5.91 Å². The molecular weight excluding hydrogens is 238 g/mol. The van der Waals surface area contributed by atoms with E-state index in [0.29, 0.717) is 6.42 Å². The van der Waals surface area contributed by atoms with Crippen LogP contribution in [0.2, 0.25) is 0 Å². The Bertz CT molecular complexity index is 607. The minimum atomic E-state index is -0.599. The lowest BCUT2D eigenvalue weighted by atomic mass is 10.0. The van der Waals surface area contributed by atoms with Gasteiger partial charge < -0.3 is 5.73 Å². The molecule has 4 nitrogen and oxygen atoms in total. The predicted molar refractivity (Wildman–Crippen MR) is 77.3 cm³/mol. The lowest BCUT2D eigenvalue weighted by molar-refractivity contribution is -0.131. The summed E-state index contributed by atoms with van der Waals surface area (Å²) in [6.45, 7) is 2.07. The molecule has 0 aromatic heterocycles. The predicted octanol–water partition coefficient (Wildman–Crippen LogP) is 1.35. The van der Waals surface area contributed by atoms with Gasteiger partial charge in [-0.1, -0.05) is 42.0 Å². The summed E-state index contributed by atoms with van der Waals surface area (Å²) < 4.78 is 0. The van der Waals surface area contributed by atoms with Gasteiger partial charge in [-0.25, -0.2) is 5.84 Å². The van der Waals surface area contributed by atoms with E-state index in [4.69, 9.17) is 11.6 Å². The molecule has 4 N–H and O–H groups in total. The number of aryl methyl sites for hydroxylation is 1. The van der Waals surface area contributed by atoms with Crippen molar-refractivity contribution in [2.75, 3.05) is 7.05 Å². The fourth-order valence-corrected chi connectivity index (χ4v) is 2.14. The molecular formula is C15H19N3O. The lowest BCUT2D eigenvalue weighted by Crippen LogP contribution is -2.46. The summed E-state index contributed by atoms with van der Waals surface area (Å²) in [4.78, 5) is 11.6. The molecule has 0 saturated carbocycles. The molecule has 1 amide bonds. The molecule has 0 spiro atoms. The fraction of sp³-hybridized carbons (Fsp3) is 0.267. The number of amides is 1. The van der Waals surface area contributed by atoms with E-state index in [9.17, 15) is 4.79 Å². The highest BCUT2D eigenvalue weighted by Gasteiger charge is 2.16. The zero-order valence-electron chi connectivity index (χ0n) is 11.3. The van der Waals surface area contributed by atoms with Crippen LogP contribution in [0.5, 0.6) is 0 Å². The summed E-state index contributed by atoms with van der Waals surface area (Å²) in [6, 6.07) is 11.8. The number of carbonyl (C=O) groups excluding carboxylic acids is 1. The number of rotatable bonds is 3. The van der Waals surface area contributed by atoms with E-state index < -0.39 is 6.04 Å². The van der Waals surface area contributed by atoms with Crippen molar-refractivity contribution < 1.29 is 4.79 Å².